The molecule has 0 spiro atoms. The van der Waals surface area contributed by atoms with Gasteiger partial charge in [-0.15, -0.1) is 0 Å². The molecule has 3 aromatic heterocycles. The first-order chi connectivity index (χ1) is 12.2. The van der Waals surface area contributed by atoms with Crippen LogP contribution in [-0.2, 0) is 17.9 Å². The molecule has 6 nitrogen and oxygen atoms in total. The molecule has 0 aliphatic carbocycles. The van der Waals surface area contributed by atoms with Gasteiger partial charge in [0.25, 0.3) is 0 Å². The second-order valence-corrected chi connectivity index (χ2v) is 6.10. The topological polar surface area (TPSA) is 66.9 Å². The molecular formula is C17H17F2N5O. The molecule has 1 N–H and O–H groups in total. The van der Waals surface area contributed by atoms with Gasteiger partial charge in [-0.25, -0.2) is 13.8 Å². The highest BCUT2D eigenvalue weighted by molar-refractivity contribution is 5.73. The molecule has 25 heavy (non-hydrogen) atoms. The van der Waals surface area contributed by atoms with Crippen LogP contribution in [0.4, 0.5) is 8.78 Å². The fourth-order valence-electron chi connectivity index (χ4n) is 3.03. The summed E-state index contributed by atoms with van der Waals surface area (Å²) in [6, 6.07) is 3.41. The lowest BCUT2D eigenvalue weighted by Gasteiger charge is -2.15. The molecule has 1 aliphatic rings. The summed E-state index contributed by atoms with van der Waals surface area (Å²) in [4.78, 5) is 17.1. The maximum absolute atomic E-state index is 14.2. The minimum atomic E-state index is -1.11. The first kappa shape index (κ1) is 16.0. The molecule has 3 aromatic rings. The number of H-pyrrole nitrogens is 1. The minimum absolute atomic E-state index is 0.192. The molecule has 1 saturated heterocycles. The summed E-state index contributed by atoms with van der Waals surface area (Å²) >= 11 is 0. The molecular weight excluding hydrogens is 328 g/mol. The van der Waals surface area contributed by atoms with E-state index in [0.717, 1.165) is 11.0 Å². The number of rotatable bonds is 5. The number of hydrogen-bond donors (Lipinski definition) is 1. The molecule has 0 saturated carbocycles. The second-order valence-electron chi connectivity index (χ2n) is 6.10. The largest absolute Gasteiger partial charge is 0.366 e. The van der Waals surface area contributed by atoms with Gasteiger partial charge in [-0.3, -0.25) is 14.9 Å². The Kier molecular flexibility index (Phi) is 4.37. The maximum atomic E-state index is 14.2. The Morgan fingerprint density at radius 2 is 2.04 bits per heavy atom. The fraction of sp³-hybridized carbons (Fsp3) is 0.353. The van der Waals surface area contributed by atoms with Crippen LogP contribution < -0.4 is 0 Å². The number of pyridine rings is 2. The van der Waals surface area contributed by atoms with Crippen molar-refractivity contribution in [3.05, 3.63) is 54.1 Å². The van der Waals surface area contributed by atoms with Gasteiger partial charge in [0.15, 0.2) is 0 Å². The molecule has 1 fully saturated rings. The summed E-state index contributed by atoms with van der Waals surface area (Å²) in [5.41, 5.74) is 2.12. The van der Waals surface area contributed by atoms with Crippen molar-refractivity contribution in [1.82, 2.24) is 24.8 Å². The lowest BCUT2D eigenvalue weighted by Crippen LogP contribution is -2.24. The van der Waals surface area contributed by atoms with E-state index in [9.17, 15) is 8.78 Å². The smallest absolute Gasteiger partial charge is 0.145 e. The Morgan fingerprint density at radius 3 is 2.88 bits per heavy atom. The molecule has 4 rings (SSSR count). The van der Waals surface area contributed by atoms with Crippen LogP contribution in [-0.4, -0.2) is 50.2 Å². The lowest BCUT2D eigenvalue weighted by atomic mass is 10.2. The summed E-state index contributed by atoms with van der Waals surface area (Å²) < 4.78 is 33.6. The third kappa shape index (κ3) is 3.49. The van der Waals surface area contributed by atoms with Crippen molar-refractivity contribution >= 4 is 11.0 Å². The van der Waals surface area contributed by atoms with E-state index in [1.165, 1.54) is 12.4 Å². The summed E-state index contributed by atoms with van der Waals surface area (Å²) in [6.07, 6.45) is 4.38. The molecule has 130 valence electrons. The van der Waals surface area contributed by atoms with E-state index in [2.05, 4.69) is 19.9 Å². The number of nitrogens with one attached hydrogen (secondary N) is 1. The average Bonchev–Trinajstić information content (AvgIpc) is 3.18. The van der Waals surface area contributed by atoms with Crippen LogP contribution in [0.3, 0.4) is 0 Å². The van der Waals surface area contributed by atoms with Crippen LogP contribution >= 0.6 is 0 Å². The van der Waals surface area contributed by atoms with Gasteiger partial charge in [-0.2, -0.15) is 0 Å². The lowest BCUT2D eigenvalue weighted by molar-refractivity contribution is 0.00862. The molecule has 0 radical (unpaired) electrons. The maximum Gasteiger partial charge on any atom is 0.145 e. The van der Waals surface area contributed by atoms with E-state index in [-0.39, 0.29) is 19.0 Å². The van der Waals surface area contributed by atoms with Gasteiger partial charge in [-0.05, 0) is 12.1 Å². The zero-order chi connectivity index (χ0) is 17.2. The van der Waals surface area contributed by atoms with E-state index in [0.29, 0.717) is 24.5 Å². The highest BCUT2D eigenvalue weighted by atomic mass is 19.1. The zero-order valence-corrected chi connectivity index (χ0v) is 13.4. The number of likely N-dealkylation sites (tertiary alicyclic amines) is 1. The number of aromatic amines is 1. The zero-order valence-electron chi connectivity index (χ0n) is 13.4. The molecule has 8 heteroatoms. The quantitative estimate of drug-likeness (QED) is 0.768. The van der Waals surface area contributed by atoms with Crippen LogP contribution in [0.25, 0.3) is 11.0 Å². The van der Waals surface area contributed by atoms with Crippen LogP contribution in [0.5, 0.6) is 0 Å². The van der Waals surface area contributed by atoms with Crippen molar-refractivity contribution < 1.29 is 13.5 Å². The highest BCUT2D eigenvalue weighted by Gasteiger charge is 2.34. The SMILES string of the molecule is Fc1cnccc1CN1C[C@@H](F)[C@@H](OCc2nc3ccncc3[nH]2)C1. The Balaban J connectivity index is 1.36. The van der Waals surface area contributed by atoms with Crippen molar-refractivity contribution in [2.45, 2.75) is 25.4 Å². The van der Waals surface area contributed by atoms with Crippen LogP contribution in [0, 0.1) is 5.82 Å². The van der Waals surface area contributed by atoms with Crippen molar-refractivity contribution in [1.29, 1.82) is 0 Å². The van der Waals surface area contributed by atoms with E-state index >= 15 is 0 Å². The number of alkyl halides is 1. The van der Waals surface area contributed by atoms with Gasteiger partial charge < -0.3 is 9.72 Å². The summed E-state index contributed by atoms with van der Waals surface area (Å²) in [6.45, 7) is 1.16. The predicted octanol–water partition coefficient (Wildman–Crippen LogP) is 2.23. The third-order valence-electron chi connectivity index (χ3n) is 4.29. The van der Waals surface area contributed by atoms with Gasteiger partial charge in [-0.1, -0.05) is 0 Å². The number of ether oxygens (including phenoxy) is 1. The molecule has 1 aliphatic heterocycles. The highest BCUT2D eigenvalue weighted by Crippen LogP contribution is 2.21. The number of imidazole rings is 1. The monoisotopic (exact) mass is 345 g/mol. The van der Waals surface area contributed by atoms with Gasteiger partial charge in [0, 0.05) is 37.6 Å². The number of hydrogen-bond acceptors (Lipinski definition) is 5. The first-order valence-electron chi connectivity index (χ1n) is 8.04. The number of nitrogens with zero attached hydrogens (tertiary/aromatic N) is 4. The van der Waals surface area contributed by atoms with E-state index in [4.69, 9.17) is 4.74 Å². The van der Waals surface area contributed by atoms with Crippen molar-refractivity contribution in [3.63, 3.8) is 0 Å². The van der Waals surface area contributed by atoms with Gasteiger partial charge in [0.05, 0.1) is 23.4 Å². The number of fused-ring (bicyclic) bond motifs is 1. The van der Waals surface area contributed by atoms with Gasteiger partial charge >= 0.3 is 0 Å². The number of halogens is 2. The van der Waals surface area contributed by atoms with Crippen LogP contribution in [0.1, 0.15) is 11.4 Å². The Hall–Kier alpha value is -2.45. The molecule has 2 atom stereocenters. The Morgan fingerprint density at radius 1 is 1.20 bits per heavy atom. The molecule has 0 amide bonds. The molecule has 4 heterocycles. The summed E-state index contributed by atoms with van der Waals surface area (Å²) in [5, 5.41) is 0. The average molecular weight is 345 g/mol. The Labute approximate surface area is 142 Å². The summed E-state index contributed by atoms with van der Waals surface area (Å²) in [7, 11) is 0. The number of aromatic nitrogens is 4. The standard InChI is InChI=1S/C17H17F2N5O/c18-12-5-20-3-1-11(12)7-24-8-13(19)16(9-24)25-10-17-22-14-2-4-21-6-15(14)23-17/h1-6,13,16H,7-10H2,(H,22,23)/t13-,16+/m1/s1. The van der Waals surface area contributed by atoms with Crippen molar-refractivity contribution in [2.24, 2.45) is 0 Å². The second kappa shape index (κ2) is 6.81. The van der Waals surface area contributed by atoms with Gasteiger partial charge in [0.2, 0.25) is 0 Å². The molecule has 0 aromatic carbocycles. The van der Waals surface area contributed by atoms with Crippen LogP contribution in [0.2, 0.25) is 0 Å². The summed E-state index contributed by atoms with van der Waals surface area (Å²) in [5.74, 6) is 0.256. The van der Waals surface area contributed by atoms with Crippen LogP contribution in [0.15, 0.2) is 36.9 Å². The van der Waals surface area contributed by atoms with E-state index in [1.807, 2.05) is 4.90 Å². The van der Waals surface area contributed by atoms with E-state index < -0.39 is 12.3 Å². The molecule has 0 unspecified atom stereocenters. The third-order valence-corrected chi connectivity index (χ3v) is 4.29. The first-order valence-corrected chi connectivity index (χ1v) is 8.04. The molecule has 0 bridgehead atoms. The minimum Gasteiger partial charge on any atom is -0.366 e. The van der Waals surface area contributed by atoms with Gasteiger partial charge in [0.1, 0.15) is 30.5 Å². The predicted molar refractivity (Wildman–Crippen MR) is 86.8 cm³/mol. The Bertz CT molecular complexity index is 838. The normalized spacial score (nSPS) is 21.2. The van der Waals surface area contributed by atoms with Crippen molar-refractivity contribution in [2.75, 3.05) is 13.1 Å². The van der Waals surface area contributed by atoms with Crippen molar-refractivity contribution in [3.8, 4) is 0 Å². The fourth-order valence-corrected chi connectivity index (χ4v) is 3.03. The van der Waals surface area contributed by atoms with E-state index in [1.54, 1.807) is 24.5 Å².